The van der Waals surface area contributed by atoms with Crippen LogP contribution in [0.2, 0.25) is 0 Å². The molecule has 2 unspecified atom stereocenters. The SMILES string of the molecule is Cc1cc(Br)cc(C(N)c2ccc3c(c2)CC(C)O3)c1. The molecule has 2 aromatic carbocycles. The van der Waals surface area contributed by atoms with Gasteiger partial charge in [-0.2, -0.15) is 0 Å². The van der Waals surface area contributed by atoms with Crippen LogP contribution in [0.1, 0.15) is 35.2 Å². The van der Waals surface area contributed by atoms with Crippen LogP contribution in [0.3, 0.4) is 0 Å². The lowest BCUT2D eigenvalue weighted by molar-refractivity contribution is 0.254. The number of aryl methyl sites for hydroxylation is 1. The van der Waals surface area contributed by atoms with Crippen LogP contribution < -0.4 is 10.5 Å². The molecule has 0 spiro atoms. The standard InChI is InChI=1S/C17H18BrNO/c1-10-5-14(9-15(18)6-10)17(19)12-3-4-16-13(8-12)7-11(2)20-16/h3-6,8-9,11,17H,7,19H2,1-2H3. The predicted molar refractivity (Wildman–Crippen MR) is 85.1 cm³/mol. The van der Waals surface area contributed by atoms with E-state index in [0.717, 1.165) is 27.8 Å². The van der Waals surface area contributed by atoms with Crippen LogP contribution in [-0.4, -0.2) is 6.10 Å². The van der Waals surface area contributed by atoms with Crippen molar-refractivity contribution >= 4 is 15.9 Å². The Bertz CT molecular complexity index is 633. The van der Waals surface area contributed by atoms with E-state index in [1.54, 1.807) is 0 Å². The van der Waals surface area contributed by atoms with Gasteiger partial charge in [0.2, 0.25) is 0 Å². The fourth-order valence-electron chi connectivity index (χ4n) is 2.77. The molecule has 0 bridgehead atoms. The van der Waals surface area contributed by atoms with E-state index in [2.05, 4.69) is 60.1 Å². The van der Waals surface area contributed by atoms with E-state index >= 15 is 0 Å². The smallest absolute Gasteiger partial charge is 0.123 e. The third-order valence-corrected chi connectivity index (χ3v) is 4.16. The molecule has 2 atom stereocenters. The van der Waals surface area contributed by atoms with Gasteiger partial charge in [-0.25, -0.2) is 0 Å². The lowest BCUT2D eigenvalue weighted by Crippen LogP contribution is -2.12. The molecule has 0 fully saturated rings. The number of ether oxygens (including phenoxy) is 1. The van der Waals surface area contributed by atoms with Gasteiger partial charge in [0.15, 0.2) is 0 Å². The van der Waals surface area contributed by atoms with Gasteiger partial charge in [0.1, 0.15) is 11.9 Å². The van der Waals surface area contributed by atoms with Gasteiger partial charge in [-0.3, -0.25) is 0 Å². The maximum Gasteiger partial charge on any atom is 0.123 e. The van der Waals surface area contributed by atoms with Crippen molar-refractivity contribution in [2.45, 2.75) is 32.4 Å². The summed E-state index contributed by atoms with van der Waals surface area (Å²) in [5, 5.41) is 0. The molecule has 20 heavy (non-hydrogen) atoms. The van der Waals surface area contributed by atoms with Crippen molar-refractivity contribution in [1.82, 2.24) is 0 Å². The van der Waals surface area contributed by atoms with Crippen molar-refractivity contribution in [2.75, 3.05) is 0 Å². The van der Waals surface area contributed by atoms with E-state index in [-0.39, 0.29) is 12.1 Å². The van der Waals surface area contributed by atoms with Crippen molar-refractivity contribution in [3.8, 4) is 5.75 Å². The molecular formula is C17H18BrNO. The Morgan fingerprint density at radius 3 is 2.75 bits per heavy atom. The van der Waals surface area contributed by atoms with Crippen LogP contribution in [-0.2, 0) is 6.42 Å². The Balaban J connectivity index is 1.95. The van der Waals surface area contributed by atoms with Gasteiger partial charge in [-0.15, -0.1) is 0 Å². The highest BCUT2D eigenvalue weighted by Crippen LogP contribution is 2.32. The molecular weight excluding hydrogens is 314 g/mol. The molecule has 0 amide bonds. The molecule has 0 aromatic heterocycles. The summed E-state index contributed by atoms with van der Waals surface area (Å²) in [6.45, 7) is 4.18. The molecule has 1 heterocycles. The summed E-state index contributed by atoms with van der Waals surface area (Å²) in [6.07, 6.45) is 1.23. The number of nitrogens with two attached hydrogens (primary N) is 1. The van der Waals surface area contributed by atoms with Crippen LogP contribution in [0.15, 0.2) is 40.9 Å². The molecule has 2 nitrogen and oxygen atoms in total. The number of fused-ring (bicyclic) bond motifs is 1. The second-order valence-corrected chi connectivity index (χ2v) is 6.46. The largest absolute Gasteiger partial charge is 0.490 e. The number of benzene rings is 2. The number of rotatable bonds is 2. The Kier molecular flexibility index (Phi) is 3.57. The minimum Gasteiger partial charge on any atom is -0.490 e. The van der Waals surface area contributed by atoms with Gasteiger partial charge >= 0.3 is 0 Å². The maximum absolute atomic E-state index is 6.42. The zero-order valence-electron chi connectivity index (χ0n) is 11.7. The Hall–Kier alpha value is -1.32. The first-order valence-electron chi connectivity index (χ1n) is 6.85. The molecule has 1 aliphatic heterocycles. The summed E-state index contributed by atoms with van der Waals surface area (Å²) in [5.41, 5.74) is 11.2. The van der Waals surface area contributed by atoms with Gasteiger partial charge in [-0.05, 0) is 54.3 Å². The third-order valence-electron chi connectivity index (χ3n) is 3.70. The van der Waals surface area contributed by atoms with Gasteiger partial charge < -0.3 is 10.5 Å². The minimum atomic E-state index is -0.104. The molecule has 3 rings (SSSR count). The van der Waals surface area contributed by atoms with Crippen molar-refractivity contribution in [3.63, 3.8) is 0 Å². The monoisotopic (exact) mass is 331 g/mol. The first-order valence-corrected chi connectivity index (χ1v) is 7.64. The summed E-state index contributed by atoms with van der Waals surface area (Å²) < 4.78 is 6.81. The summed E-state index contributed by atoms with van der Waals surface area (Å²) in [7, 11) is 0. The van der Waals surface area contributed by atoms with E-state index in [0.29, 0.717) is 0 Å². The van der Waals surface area contributed by atoms with Gasteiger partial charge in [0.05, 0.1) is 6.04 Å². The molecule has 0 radical (unpaired) electrons. The summed E-state index contributed by atoms with van der Waals surface area (Å²) in [6, 6.07) is 12.5. The fraction of sp³-hybridized carbons (Fsp3) is 0.294. The quantitative estimate of drug-likeness (QED) is 0.897. The maximum atomic E-state index is 6.42. The summed E-state index contributed by atoms with van der Waals surface area (Å²) >= 11 is 3.54. The highest BCUT2D eigenvalue weighted by atomic mass is 79.9. The average Bonchev–Trinajstić information content (AvgIpc) is 2.75. The van der Waals surface area contributed by atoms with Crippen LogP contribution in [0.5, 0.6) is 5.75 Å². The Morgan fingerprint density at radius 1 is 1.20 bits per heavy atom. The summed E-state index contributed by atoms with van der Waals surface area (Å²) in [5.74, 6) is 0.999. The molecule has 0 aliphatic carbocycles. The molecule has 104 valence electrons. The van der Waals surface area contributed by atoms with E-state index in [1.807, 2.05) is 6.07 Å². The topological polar surface area (TPSA) is 35.2 Å². The minimum absolute atomic E-state index is 0.104. The van der Waals surface area contributed by atoms with E-state index in [1.165, 1.54) is 11.1 Å². The van der Waals surface area contributed by atoms with Crippen LogP contribution in [0.25, 0.3) is 0 Å². The Labute approximate surface area is 128 Å². The molecule has 2 N–H and O–H groups in total. The van der Waals surface area contributed by atoms with Crippen LogP contribution >= 0.6 is 15.9 Å². The van der Waals surface area contributed by atoms with Gasteiger partial charge in [0, 0.05) is 10.9 Å². The van der Waals surface area contributed by atoms with Crippen molar-refractivity contribution in [2.24, 2.45) is 5.73 Å². The Morgan fingerprint density at radius 2 is 2.00 bits per heavy atom. The molecule has 0 saturated heterocycles. The van der Waals surface area contributed by atoms with Gasteiger partial charge in [0.25, 0.3) is 0 Å². The average molecular weight is 332 g/mol. The number of hydrogen-bond donors (Lipinski definition) is 1. The second kappa shape index (κ2) is 5.23. The first-order chi connectivity index (χ1) is 9.52. The molecule has 3 heteroatoms. The highest BCUT2D eigenvalue weighted by molar-refractivity contribution is 9.10. The third kappa shape index (κ3) is 2.60. The zero-order valence-corrected chi connectivity index (χ0v) is 13.3. The number of halogens is 1. The van der Waals surface area contributed by atoms with Crippen molar-refractivity contribution in [1.29, 1.82) is 0 Å². The van der Waals surface area contributed by atoms with E-state index in [4.69, 9.17) is 10.5 Å². The second-order valence-electron chi connectivity index (χ2n) is 5.54. The lowest BCUT2D eigenvalue weighted by atomic mass is 9.96. The molecule has 2 aromatic rings. The van der Waals surface area contributed by atoms with E-state index in [9.17, 15) is 0 Å². The molecule has 1 aliphatic rings. The first kappa shape index (κ1) is 13.7. The highest BCUT2D eigenvalue weighted by Gasteiger charge is 2.20. The number of hydrogen-bond acceptors (Lipinski definition) is 2. The van der Waals surface area contributed by atoms with Crippen LogP contribution in [0.4, 0.5) is 0 Å². The normalized spacial score (nSPS) is 18.5. The van der Waals surface area contributed by atoms with E-state index < -0.39 is 0 Å². The van der Waals surface area contributed by atoms with Crippen molar-refractivity contribution < 1.29 is 4.74 Å². The predicted octanol–water partition coefficient (Wildman–Crippen LogP) is 4.13. The lowest BCUT2D eigenvalue weighted by Gasteiger charge is -2.15. The summed E-state index contributed by atoms with van der Waals surface area (Å²) in [4.78, 5) is 0. The molecule has 0 saturated carbocycles. The van der Waals surface area contributed by atoms with Gasteiger partial charge in [-0.1, -0.05) is 34.1 Å². The van der Waals surface area contributed by atoms with Crippen molar-refractivity contribution in [3.05, 3.63) is 63.1 Å². The zero-order chi connectivity index (χ0) is 14.3. The van der Waals surface area contributed by atoms with Crippen LogP contribution in [0, 0.1) is 6.92 Å². The fourth-order valence-corrected chi connectivity index (χ4v) is 3.40.